The molecule has 108 valence electrons. The van der Waals surface area contributed by atoms with Crippen LogP contribution in [0.3, 0.4) is 0 Å². The molecule has 0 spiro atoms. The summed E-state index contributed by atoms with van der Waals surface area (Å²) < 4.78 is 53.6. The molecule has 20 heavy (non-hydrogen) atoms. The Hall–Kier alpha value is -2.18. The molecule has 1 aromatic rings. The summed E-state index contributed by atoms with van der Waals surface area (Å²) >= 11 is 0. The van der Waals surface area contributed by atoms with Gasteiger partial charge in [-0.1, -0.05) is 0 Å². The predicted octanol–water partition coefficient (Wildman–Crippen LogP) is 1.23. The van der Waals surface area contributed by atoms with E-state index in [1.165, 1.54) is 7.05 Å². The van der Waals surface area contributed by atoms with Crippen molar-refractivity contribution in [2.24, 2.45) is 5.92 Å². The molecule has 1 N–H and O–H groups in total. The highest BCUT2D eigenvalue weighted by atomic mass is 19.1. The van der Waals surface area contributed by atoms with Crippen molar-refractivity contribution in [3.63, 3.8) is 0 Å². The van der Waals surface area contributed by atoms with Gasteiger partial charge >= 0.3 is 5.97 Å². The summed E-state index contributed by atoms with van der Waals surface area (Å²) in [5, 5.41) is 9.13. The van der Waals surface area contributed by atoms with E-state index in [2.05, 4.69) is 4.74 Å². The number of likely N-dealkylation sites (tertiary alicyclic amines) is 1. The first-order chi connectivity index (χ1) is 10.5. The molecule has 5 nitrogen and oxygen atoms in total. The molecule has 1 heterocycles. The molecule has 1 aromatic carbocycles. The number of rotatable bonds is 3. The molecule has 1 amide bonds. The van der Waals surface area contributed by atoms with E-state index in [0.29, 0.717) is 12.1 Å². The lowest BCUT2D eigenvalue weighted by Crippen LogP contribution is -2.28. The predicted molar refractivity (Wildman–Crippen MR) is 64.4 cm³/mol. The number of carboxylic acids is 1. The van der Waals surface area contributed by atoms with Crippen LogP contribution in [-0.2, 0) is 9.59 Å². The van der Waals surface area contributed by atoms with Crippen LogP contribution < -0.4 is 4.74 Å². The first kappa shape index (κ1) is 10.6. The zero-order valence-corrected chi connectivity index (χ0v) is 10.4. The molecule has 2 atom stereocenters. The fourth-order valence-corrected chi connectivity index (χ4v) is 2.41. The van der Waals surface area contributed by atoms with Gasteiger partial charge in [-0.15, -0.1) is 0 Å². The van der Waals surface area contributed by atoms with Crippen molar-refractivity contribution in [1.29, 1.82) is 0 Å². The molecule has 0 bridgehead atoms. The number of aliphatic carboxylic acids is 1. The number of carbonyl (C=O) groups is 2. The minimum Gasteiger partial charge on any atom is -0.497 e. The van der Waals surface area contributed by atoms with E-state index in [4.69, 9.17) is 9.22 Å². The second-order valence-corrected chi connectivity index (χ2v) is 4.54. The average molecular weight is 288 g/mol. The molecule has 0 unspecified atom stereocenters. The smallest absolute Gasteiger partial charge is 0.316 e. The second-order valence-electron chi connectivity index (χ2n) is 4.54. The molecule has 0 aliphatic carbocycles. The van der Waals surface area contributed by atoms with Gasteiger partial charge < -0.3 is 14.7 Å². The van der Waals surface area contributed by atoms with Crippen LogP contribution in [0.15, 0.2) is 12.1 Å². The number of amides is 1. The molecule has 2 rings (SSSR count). The second kappa shape index (κ2) is 5.07. The molecular formula is C13H13F2NO4. The lowest BCUT2D eigenvalue weighted by Gasteiger charge is -2.16. The monoisotopic (exact) mass is 288 g/mol. The maximum atomic E-state index is 14.2. The normalized spacial score (nSPS) is 25.1. The van der Waals surface area contributed by atoms with E-state index >= 15 is 0 Å². The number of hydrogen-bond acceptors (Lipinski definition) is 3. The van der Waals surface area contributed by atoms with Gasteiger partial charge in [0.05, 0.1) is 11.2 Å². The van der Waals surface area contributed by atoms with Gasteiger partial charge in [0.1, 0.15) is 23.3 Å². The Balaban J connectivity index is 2.44. The number of carbonyl (C=O) groups excluding carboxylic acids is 1. The zero-order chi connectivity index (χ0) is 17.5. The summed E-state index contributed by atoms with van der Waals surface area (Å²) in [6.45, 7) is -0.164. The maximum absolute atomic E-state index is 14.2. The summed E-state index contributed by atoms with van der Waals surface area (Å²) in [7, 11) is -1.55. The van der Waals surface area contributed by atoms with Crippen molar-refractivity contribution in [3.8, 4) is 5.75 Å². The van der Waals surface area contributed by atoms with Crippen molar-refractivity contribution in [1.82, 2.24) is 4.90 Å². The number of benzene rings is 1. The molecule has 0 aromatic heterocycles. The SMILES string of the molecule is [2H]C([2H])([2H])Oc1cc(F)c([C@@H]2CN(C)C(=O)[C@H]2C(=O)O)c(F)c1. The lowest BCUT2D eigenvalue weighted by atomic mass is 9.88. The zero-order valence-electron chi connectivity index (χ0n) is 13.4. The number of hydrogen-bond donors (Lipinski definition) is 1. The Bertz CT molecular complexity index is 642. The van der Waals surface area contributed by atoms with Crippen LogP contribution in [-0.4, -0.2) is 42.5 Å². The topological polar surface area (TPSA) is 66.8 Å². The number of carboxylic acid groups (broad SMARTS) is 1. The lowest BCUT2D eigenvalue weighted by molar-refractivity contribution is -0.147. The molecule has 7 heteroatoms. The summed E-state index contributed by atoms with van der Waals surface area (Å²) in [6, 6.07) is 1.32. The molecule has 1 fully saturated rings. The standard InChI is InChI=1S/C13H13F2NO4/c1-16-5-7(11(12(16)17)13(18)19)10-8(14)3-6(20-2)4-9(10)15/h3-4,7,11H,5H2,1-2H3,(H,18,19)/t7-,11-/m0/s1/i2D3. The van der Waals surface area contributed by atoms with Gasteiger partial charge in [-0.2, -0.15) is 0 Å². The van der Waals surface area contributed by atoms with Crippen molar-refractivity contribution < 1.29 is 32.3 Å². The van der Waals surface area contributed by atoms with Crippen LogP contribution in [0.4, 0.5) is 8.78 Å². The van der Waals surface area contributed by atoms with Crippen LogP contribution in [0, 0.1) is 17.6 Å². The molecule has 1 aliphatic heterocycles. The number of ether oxygens (including phenoxy) is 1. The van der Waals surface area contributed by atoms with Crippen molar-refractivity contribution in [2.45, 2.75) is 5.92 Å². The number of likely N-dealkylation sites (N-methyl/N-ethyl adjacent to an activating group) is 1. The molecule has 0 radical (unpaired) electrons. The molecule has 1 saturated heterocycles. The fourth-order valence-electron chi connectivity index (χ4n) is 2.41. The first-order valence-electron chi connectivity index (χ1n) is 7.17. The van der Waals surface area contributed by atoms with Gasteiger partial charge in [-0.3, -0.25) is 9.59 Å². The van der Waals surface area contributed by atoms with Crippen LogP contribution in [0.1, 0.15) is 15.6 Å². The van der Waals surface area contributed by atoms with Gasteiger partial charge in [0, 0.05) is 37.2 Å². The molecule has 0 saturated carbocycles. The quantitative estimate of drug-likeness (QED) is 0.850. The molecular weight excluding hydrogens is 272 g/mol. The van der Waals surface area contributed by atoms with Crippen LogP contribution in [0.25, 0.3) is 0 Å². The van der Waals surface area contributed by atoms with Crippen LogP contribution in [0.2, 0.25) is 0 Å². The van der Waals surface area contributed by atoms with E-state index < -0.39 is 53.7 Å². The highest BCUT2D eigenvalue weighted by Crippen LogP contribution is 2.37. The number of halogens is 2. The first-order valence-corrected chi connectivity index (χ1v) is 5.67. The van der Waals surface area contributed by atoms with Crippen molar-refractivity contribution in [3.05, 3.63) is 29.3 Å². The Kier molecular flexibility index (Phi) is 2.68. The summed E-state index contributed by atoms with van der Waals surface area (Å²) in [6.07, 6.45) is 0. The van der Waals surface area contributed by atoms with E-state index in [1.807, 2.05) is 0 Å². The highest BCUT2D eigenvalue weighted by Gasteiger charge is 2.46. The summed E-state index contributed by atoms with van der Waals surface area (Å²) in [5.41, 5.74) is -0.576. The van der Waals surface area contributed by atoms with Crippen molar-refractivity contribution in [2.75, 3.05) is 20.6 Å². The van der Waals surface area contributed by atoms with Gasteiger partial charge in [0.2, 0.25) is 5.91 Å². The maximum Gasteiger partial charge on any atom is 0.316 e. The Morgan fingerprint density at radius 3 is 2.60 bits per heavy atom. The number of nitrogens with zero attached hydrogens (tertiary/aromatic N) is 1. The van der Waals surface area contributed by atoms with Gasteiger partial charge in [0.25, 0.3) is 0 Å². The van der Waals surface area contributed by atoms with E-state index in [9.17, 15) is 18.4 Å². The summed E-state index contributed by atoms with van der Waals surface area (Å²) in [4.78, 5) is 24.1. The third-order valence-electron chi connectivity index (χ3n) is 3.32. The van der Waals surface area contributed by atoms with Gasteiger partial charge in [0.15, 0.2) is 0 Å². The van der Waals surface area contributed by atoms with Crippen molar-refractivity contribution >= 4 is 11.9 Å². The van der Waals surface area contributed by atoms with Crippen LogP contribution in [0.5, 0.6) is 5.75 Å². The fraction of sp³-hybridized carbons (Fsp3) is 0.385. The number of methoxy groups -OCH3 is 1. The van der Waals surface area contributed by atoms with Gasteiger partial charge in [-0.25, -0.2) is 8.78 Å². The highest BCUT2D eigenvalue weighted by molar-refractivity contribution is 5.99. The largest absolute Gasteiger partial charge is 0.497 e. The summed E-state index contributed by atoms with van der Waals surface area (Å²) in [5.74, 6) is -7.92. The van der Waals surface area contributed by atoms with E-state index in [1.54, 1.807) is 0 Å². The minimum atomic E-state index is -2.88. The third-order valence-corrected chi connectivity index (χ3v) is 3.32. The Labute approximate surface area is 118 Å². The van der Waals surface area contributed by atoms with Crippen LogP contribution >= 0.6 is 0 Å². The average Bonchev–Trinajstić information content (AvgIpc) is 2.62. The van der Waals surface area contributed by atoms with E-state index in [-0.39, 0.29) is 6.54 Å². The Morgan fingerprint density at radius 1 is 1.50 bits per heavy atom. The third kappa shape index (κ3) is 2.19. The molecule has 1 aliphatic rings. The van der Waals surface area contributed by atoms with E-state index in [0.717, 1.165) is 4.90 Å². The minimum absolute atomic E-state index is 0.164. The van der Waals surface area contributed by atoms with Gasteiger partial charge in [-0.05, 0) is 0 Å². The Morgan fingerprint density at radius 2 is 2.10 bits per heavy atom.